The molecular weight excluding hydrogens is 242 g/mol. The van der Waals surface area contributed by atoms with Crippen molar-refractivity contribution in [2.24, 2.45) is 5.92 Å². The van der Waals surface area contributed by atoms with Crippen LogP contribution in [-0.2, 0) is 11.2 Å². The van der Waals surface area contributed by atoms with Gasteiger partial charge in [0, 0.05) is 29.1 Å². The van der Waals surface area contributed by atoms with E-state index in [9.17, 15) is 9.90 Å². The molecule has 1 unspecified atom stereocenters. The lowest BCUT2D eigenvalue weighted by molar-refractivity contribution is -0.141. The average Bonchev–Trinajstić information content (AvgIpc) is 2.65. The van der Waals surface area contributed by atoms with Gasteiger partial charge in [-0.25, -0.2) is 0 Å². The van der Waals surface area contributed by atoms with Gasteiger partial charge < -0.3 is 14.8 Å². The van der Waals surface area contributed by atoms with Gasteiger partial charge in [0.15, 0.2) is 0 Å². The number of phenolic OH excluding ortho intramolecular Hbond substituents is 1. The number of benzene rings is 1. The molecule has 102 valence electrons. The van der Waals surface area contributed by atoms with Crippen molar-refractivity contribution in [1.82, 2.24) is 4.57 Å². The van der Waals surface area contributed by atoms with Crippen LogP contribution in [0.1, 0.15) is 32.5 Å². The van der Waals surface area contributed by atoms with Crippen LogP contribution in [0.3, 0.4) is 0 Å². The standard InChI is InChI=1S/C15H19NO3/c1-9(2)16-12(6-10(3)15(18)19)7-11-8-13(17)4-5-14(11)16/h4-5,7-10,17H,6H2,1-3H3,(H,18,19). The second-order valence-corrected chi connectivity index (χ2v) is 5.29. The number of carboxylic acids is 1. The Morgan fingerprint density at radius 1 is 1.26 bits per heavy atom. The van der Waals surface area contributed by atoms with Gasteiger partial charge in [0.2, 0.25) is 0 Å². The molecule has 4 heteroatoms. The van der Waals surface area contributed by atoms with Gasteiger partial charge in [0.05, 0.1) is 5.92 Å². The number of rotatable bonds is 4. The van der Waals surface area contributed by atoms with Crippen molar-refractivity contribution in [2.75, 3.05) is 0 Å². The number of hydrogen-bond acceptors (Lipinski definition) is 2. The number of fused-ring (bicyclic) bond motifs is 1. The number of hydrogen-bond donors (Lipinski definition) is 2. The van der Waals surface area contributed by atoms with Crippen LogP contribution in [0.2, 0.25) is 0 Å². The highest BCUT2D eigenvalue weighted by Crippen LogP contribution is 2.28. The summed E-state index contributed by atoms with van der Waals surface area (Å²) < 4.78 is 2.13. The molecule has 0 amide bonds. The molecule has 0 aliphatic rings. The van der Waals surface area contributed by atoms with Gasteiger partial charge in [0.25, 0.3) is 0 Å². The van der Waals surface area contributed by atoms with E-state index in [0.717, 1.165) is 16.6 Å². The highest BCUT2D eigenvalue weighted by molar-refractivity contribution is 5.83. The van der Waals surface area contributed by atoms with E-state index in [4.69, 9.17) is 5.11 Å². The zero-order valence-corrected chi connectivity index (χ0v) is 11.4. The smallest absolute Gasteiger partial charge is 0.306 e. The molecule has 1 atom stereocenters. The minimum Gasteiger partial charge on any atom is -0.508 e. The van der Waals surface area contributed by atoms with E-state index in [1.807, 2.05) is 12.1 Å². The molecule has 0 saturated heterocycles. The fraction of sp³-hybridized carbons (Fsp3) is 0.400. The van der Waals surface area contributed by atoms with Crippen molar-refractivity contribution >= 4 is 16.9 Å². The molecule has 1 aromatic heterocycles. The maximum Gasteiger partial charge on any atom is 0.306 e. The summed E-state index contributed by atoms with van der Waals surface area (Å²) in [5.74, 6) is -0.981. The van der Waals surface area contributed by atoms with Gasteiger partial charge in [-0.15, -0.1) is 0 Å². The van der Waals surface area contributed by atoms with Crippen LogP contribution >= 0.6 is 0 Å². The molecule has 0 spiro atoms. The van der Waals surface area contributed by atoms with Gasteiger partial charge >= 0.3 is 5.97 Å². The molecule has 19 heavy (non-hydrogen) atoms. The third kappa shape index (κ3) is 2.57. The summed E-state index contributed by atoms with van der Waals surface area (Å²) >= 11 is 0. The Bertz CT molecular complexity index is 613. The van der Waals surface area contributed by atoms with Crippen LogP contribution in [0, 0.1) is 5.92 Å². The zero-order valence-electron chi connectivity index (χ0n) is 11.4. The molecule has 0 saturated carbocycles. The summed E-state index contributed by atoms with van der Waals surface area (Å²) in [4.78, 5) is 11.0. The van der Waals surface area contributed by atoms with Crippen LogP contribution in [0.4, 0.5) is 0 Å². The number of carboxylic acid groups (broad SMARTS) is 1. The Morgan fingerprint density at radius 2 is 1.95 bits per heavy atom. The van der Waals surface area contributed by atoms with Gasteiger partial charge in [0.1, 0.15) is 5.75 Å². The number of nitrogens with zero attached hydrogens (tertiary/aromatic N) is 1. The number of aromatic nitrogens is 1. The van der Waals surface area contributed by atoms with E-state index < -0.39 is 11.9 Å². The third-order valence-electron chi connectivity index (χ3n) is 3.36. The highest BCUT2D eigenvalue weighted by atomic mass is 16.4. The molecule has 4 nitrogen and oxygen atoms in total. The number of carbonyl (C=O) groups is 1. The Morgan fingerprint density at radius 3 is 2.53 bits per heavy atom. The predicted molar refractivity (Wildman–Crippen MR) is 74.5 cm³/mol. The minimum atomic E-state index is -0.789. The van der Waals surface area contributed by atoms with Crippen molar-refractivity contribution in [3.05, 3.63) is 30.0 Å². The van der Waals surface area contributed by atoms with Crippen molar-refractivity contribution in [2.45, 2.75) is 33.2 Å². The van der Waals surface area contributed by atoms with Gasteiger partial charge in [-0.05, 0) is 38.1 Å². The monoisotopic (exact) mass is 261 g/mol. The first kappa shape index (κ1) is 13.5. The first-order valence-corrected chi connectivity index (χ1v) is 6.45. The molecule has 0 aliphatic carbocycles. The lowest BCUT2D eigenvalue weighted by Crippen LogP contribution is -2.15. The van der Waals surface area contributed by atoms with E-state index in [0.29, 0.717) is 6.42 Å². The molecule has 0 fully saturated rings. The number of aromatic hydroxyl groups is 1. The molecule has 2 rings (SSSR count). The summed E-state index contributed by atoms with van der Waals surface area (Å²) in [6.45, 7) is 5.85. The number of phenols is 1. The average molecular weight is 261 g/mol. The van der Waals surface area contributed by atoms with E-state index in [2.05, 4.69) is 18.4 Å². The molecule has 0 aliphatic heterocycles. The largest absolute Gasteiger partial charge is 0.508 e. The SMILES string of the molecule is CC(Cc1cc2cc(O)ccc2n1C(C)C)C(=O)O. The third-order valence-corrected chi connectivity index (χ3v) is 3.36. The van der Waals surface area contributed by atoms with E-state index >= 15 is 0 Å². The summed E-state index contributed by atoms with van der Waals surface area (Å²) in [5, 5.41) is 19.5. The van der Waals surface area contributed by atoms with Crippen LogP contribution in [-0.4, -0.2) is 20.7 Å². The first-order valence-electron chi connectivity index (χ1n) is 6.45. The maximum atomic E-state index is 11.0. The van der Waals surface area contributed by atoms with Gasteiger partial charge in [-0.3, -0.25) is 4.79 Å². The van der Waals surface area contributed by atoms with Crippen molar-refractivity contribution in [1.29, 1.82) is 0 Å². The second-order valence-electron chi connectivity index (χ2n) is 5.29. The fourth-order valence-electron chi connectivity index (χ4n) is 2.45. The van der Waals surface area contributed by atoms with E-state index in [1.54, 1.807) is 19.1 Å². The quantitative estimate of drug-likeness (QED) is 0.888. The van der Waals surface area contributed by atoms with E-state index in [-0.39, 0.29) is 11.8 Å². The molecular formula is C15H19NO3. The molecule has 1 heterocycles. The molecule has 0 radical (unpaired) electrons. The Hall–Kier alpha value is -1.97. The topological polar surface area (TPSA) is 62.5 Å². The second kappa shape index (κ2) is 4.96. The lowest BCUT2D eigenvalue weighted by atomic mass is 10.1. The van der Waals surface area contributed by atoms with Crippen LogP contribution in [0.5, 0.6) is 5.75 Å². The summed E-state index contributed by atoms with van der Waals surface area (Å²) in [5.41, 5.74) is 2.02. The van der Waals surface area contributed by atoms with E-state index in [1.165, 1.54) is 0 Å². The van der Waals surface area contributed by atoms with Crippen LogP contribution in [0.15, 0.2) is 24.3 Å². The molecule has 0 bridgehead atoms. The number of aliphatic carboxylic acids is 1. The Balaban J connectivity index is 2.53. The normalized spacial score (nSPS) is 13.1. The summed E-state index contributed by atoms with van der Waals surface area (Å²) in [7, 11) is 0. The summed E-state index contributed by atoms with van der Waals surface area (Å²) in [6.07, 6.45) is 0.489. The van der Waals surface area contributed by atoms with Crippen molar-refractivity contribution < 1.29 is 15.0 Å². The van der Waals surface area contributed by atoms with Gasteiger partial charge in [-0.2, -0.15) is 0 Å². The zero-order chi connectivity index (χ0) is 14.2. The maximum absolute atomic E-state index is 11.0. The Labute approximate surface area is 112 Å². The summed E-state index contributed by atoms with van der Waals surface area (Å²) in [6, 6.07) is 7.46. The Kier molecular flexibility index (Phi) is 3.51. The van der Waals surface area contributed by atoms with Gasteiger partial charge in [-0.1, -0.05) is 6.92 Å². The van der Waals surface area contributed by atoms with Crippen LogP contribution < -0.4 is 0 Å². The highest BCUT2D eigenvalue weighted by Gasteiger charge is 2.17. The van der Waals surface area contributed by atoms with Crippen molar-refractivity contribution in [3.63, 3.8) is 0 Å². The minimum absolute atomic E-state index is 0.228. The molecule has 1 aromatic carbocycles. The fourth-order valence-corrected chi connectivity index (χ4v) is 2.45. The molecule has 2 aromatic rings. The first-order chi connectivity index (χ1) is 8.90. The molecule has 2 N–H and O–H groups in total. The predicted octanol–water partition coefficient (Wildman–Crippen LogP) is 3.19. The lowest BCUT2D eigenvalue weighted by Gasteiger charge is -2.16. The van der Waals surface area contributed by atoms with Crippen molar-refractivity contribution in [3.8, 4) is 5.75 Å². The van der Waals surface area contributed by atoms with Crippen LogP contribution in [0.25, 0.3) is 10.9 Å².